The maximum atomic E-state index is 12.1. The van der Waals surface area contributed by atoms with Crippen molar-refractivity contribution in [1.82, 2.24) is 0 Å². The number of carbonyl (C=O) groups excluding carboxylic acids is 1. The van der Waals surface area contributed by atoms with Gasteiger partial charge >= 0.3 is 0 Å². The maximum absolute atomic E-state index is 12.1. The lowest BCUT2D eigenvalue weighted by Gasteiger charge is -2.63. The first-order valence-corrected chi connectivity index (χ1v) is 12.8. The minimum Gasteiger partial charge on any atom is -0.393 e. The Morgan fingerprint density at radius 1 is 1.17 bits per heavy atom. The predicted octanol–water partition coefficient (Wildman–Crippen LogP) is 6.02. The molecule has 3 aliphatic carbocycles. The Hall–Kier alpha value is -0.410. The molecule has 0 spiro atoms. The Labute approximate surface area is 184 Å². The van der Waals surface area contributed by atoms with Crippen molar-refractivity contribution in [2.45, 2.75) is 118 Å². The Balaban J connectivity index is 1.47. The van der Waals surface area contributed by atoms with Crippen LogP contribution >= 0.6 is 0 Å². The molecule has 4 rings (SSSR count). The second-order valence-corrected chi connectivity index (χ2v) is 12.8. The molecule has 0 aromatic heterocycles. The third-order valence-electron chi connectivity index (χ3n) is 11.2. The molecule has 172 valence electrons. The number of Topliss-reactive ketones (excluding diaryl/α,β-unsaturated/α-hetero) is 1. The first kappa shape index (κ1) is 22.8. The summed E-state index contributed by atoms with van der Waals surface area (Å²) in [4.78, 5) is 12.1. The second-order valence-electron chi connectivity index (χ2n) is 12.8. The van der Waals surface area contributed by atoms with E-state index in [2.05, 4.69) is 48.5 Å². The number of aliphatic hydroxyl groups excluding tert-OH is 1. The van der Waals surface area contributed by atoms with Crippen LogP contribution in [0.15, 0.2) is 0 Å². The van der Waals surface area contributed by atoms with E-state index in [0.717, 1.165) is 19.3 Å². The minimum absolute atomic E-state index is 0.0950. The van der Waals surface area contributed by atoms with Crippen molar-refractivity contribution in [1.29, 1.82) is 0 Å². The van der Waals surface area contributed by atoms with Crippen molar-refractivity contribution < 1.29 is 14.6 Å². The van der Waals surface area contributed by atoms with Crippen LogP contribution in [0.25, 0.3) is 0 Å². The summed E-state index contributed by atoms with van der Waals surface area (Å²) in [7, 11) is 0. The molecule has 3 heteroatoms. The summed E-state index contributed by atoms with van der Waals surface area (Å²) >= 11 is 0. The van der Waals surface area contributed by atoms with Gasteiger partial charge in [0, 0.05) is 12.8 Å². The molecule has 0 amide bonds. The van der Waals surface area contributed by atoms with E-state index in [1.165, 1.54) is 25.7 Å². The number of hydrogen-bond acceptors (Lipinski definition) is 3. The third kappa shape index (κ3) is 3.60. The molecule has 1 saturated heterocycles. The molecule has 0 bridgehead atoms. The lowest BCUT2D eigenvalue weighted by atomic mass is 9.42. The maximum Gasteiger partial charge on any atom is 0.133 e. The number of rotatable bonds is 5. The minimum atomic E-state index is -0.239. The van der Waals surface area contributed by atoms with E-state index >= 15 is 0 Å². The molecular weight excluding hydrogens is 372 g/mol. The van der Waals surface area contributed by atoms with Crippen molar-refractivity contribution in [2.24, 2.45) is 46.3 Å². The number of epoxide rings is 1. The summed E-state index contributed by atoms with van der Waals surface area (Å²) in [6, 6.07) is 0. The zero-order valence-electron chi connectivity index (χ0n) is 20.5. The van der Waals surface area contributed by atoms with Crippen molar-refractivity contribution in [3.63, 3.8) is 0 Å². The molecule has 3 saturated carbocycles. The van der Waals surface area contributed by atoms with E-state index < -0.39 is 0 Å². The second kappa shape index (κ2) is 7.58. The Morgan fingerprint density at radius 3 is 2.47 bits per heavy atom. The van der Waals surface area contributed by atoms with Gasteiger partial charge in [-0.3, -0.25) is 4.79 Å². The monoisotopic (exact) mass is 418 g/mol. The number of hydrogen-bond donors (Lipinski definition) is 1. The van der Waals surface area contributed by atoms with Crippen molar-refractivity contribution in [3.8, 4) is 0 Å². The molecule has 0 aromatic rings. The van der Waals surface area contributed by atoms with E-state index in [1.807, 2.05) is 0 Å². The average Bonchev–Trinajstić information content (AvgIpc) is 3.30. The Kier molecular flexibility index (Phi) is 5.75. The Morgan fingerprint density at radius 2 is 1.83 bits per heavy atom. The molecule has 10 atom stereocenters. The number of ether oxygens (including phenoxy) is 1. The summed E-state index contributed by atoms with van der Waals surface area (Å²) in [6.07, 6.45) is 8.42. The van der Waals surface area contributed by atoms with Crippen LogP contribution < -0.4 is 0 Å². The van der Waals surface area contributed by atoms with Crippen LogP contribution in [-0.2, 0) is 9.53 Å². The molecule has 1 heterocycles. The first-order chi connectivity index (χ1) is 13.9. The van der Waals surface area contributed by atoms with Gasteiger partial charge in [0.2, 0.25) is 0 Å². The summed E-state index contributed by atoms with van der Waals surface area (Å²) in [5, 5.41) is 11.3. The van der Waals surface area contributed by atoms with Crippen molar-refractivity contribution >= 4 is 5.78 Å². The highest BCUT2D eigenvalue weighted by molar-refractivity contribution is 5.79. The van der Waals surface area contributed by atoms with Crippen LogP contribution in [0.3, 0.4) is 0 Å². The van der Waals surface area contributed by atoms with Gasteiger partial charge < -0.3 is 9.84 Å². The van der Waals surface area contributed by atoms with E-state index in [4.69, 9.17) is 4.74 Å². The summed E-state index contributed by atoms with van der Waals surface area (Å²) < 4.78 is 5.82. The van der Waals surface area contributed by atoms with Gasteiger partial charge in [0.05, 0.1) is 17.8 Å². The first-order valence-electron chi connectivity index (χ1n) is 12.8. The molecular formula is C27H46O3. The van der Waals surface area contributed by atoms with E-state index in [-0.39, 0.29) is 22.5 Å². The topological polar surface area (TPSA) is 49.8 Å². The van der Waals surface area contributed by atoms with Gasteiger partial charge in [-0.15, -0.1) is 0 Å². The molecule has 4 fully saturated rings. The fourth-order valence-electron chi connectivity index (χ4n) is 8.25. The van der Waals surface area contributed by atoms with Gasteiger partial charge in [0.25, 0.3) is 0 Å². The van der Waals surface area contributed by atoms with Gasteiger partial charge in [-0.25, -0.2) is 0 Å². The zero-order chi connectivity index (χ0) is 22.1. The van der Waals surface area contributed by atoms with Gasteiger partial charge in [-0.05, 0) is 98.7 Å². The van der Waals surface area contributed by atoms with E-state index in [0.29, 0.717) is 53.8 Å². The number of fused-ring (bicyclic) bond motifs is 3. The average molecular weight is 419 g/mol. The zero-order valence-corrected chi connectivity index (χ0v) is 20.5. The van der Waals surface area contributed by atoms with Crippen LogP contribution in [0.5, 0.6) is 0 Å². The standard InChI is InChI=1S/C27H46O3/c1-16(8-9-23-25(4,5)30-23)17(2)26(6)13-11-21-24(18(26)3)22(29)15-19-14-20(28)10-12-27(19,21)7/h16-19,21-24,29H,8-15H2,1-7H3/t16-,17?,18+,19?,21+,22?,23?,24+,26?,27?/m1/s1. The summed E-state index contributed by atoms with van der Waals surface area (Å²) in [5.74, 6) is 3.61. The van der Waals surface area contributed by atoms with E-state index in [9.17, 15) is 9.90 Å². The number of carbonyl (C=O) groups is 1. The van der Waals surface area contributed by atoms with Crippen LogP contribution in [0.2, 0.25) is 0 Å². The Bertz CT molecular complexity index is 671. The molecule has 30 heavy (non-hydrogen) atoms. The van der Waals surface area contributed by atoms with Crippen LogP contribution in [-0.4, -0.2) is 28.7 Å². The molecule has 1 aliphatic heterocycles. The normalized spacial score (nSPS) is 49.7. The van der Waals surface area contributed by atoms with Crippen molar-refractivity contribution in [3.05, 3.63) is 0 Å². The van der Waals surface area contributed by atoms with E-state index in [1.54, 1.807) is 0 Å². The van der Waals surface area contributed by atoms with Crippen molar-refractivity contribution in [2.75, 3.05) is 0 Å². The lowest BCUT2D eigenvalue weighted by molar-refractivity contribution is -0.175. The fraction of sp³-hybridized carbons (Fsp3) is 0.963. The van der Waals surface area contributed by atoms with Gasteiger partial charge in [0.1, 0.15) is 5.78 Å². The quantitative estimate of drug-likeness (QED) is 0.555. The molecule has 0 radical (unpaired) electrons. The number of aliphatic hydroxyl groups is 1. The third-order valence-corrected chi connectivity index (χ3v) is 11.2. The highest BCUT2D eigenvalue weighted by atomic mass is 16.6. The lowest BCUT2D eigenvalue weighted by Crippen LogP contribution is -2.59. The van der Waals surface area contributed by atoms with Gasteiger partial charge in [-0.1, -0.05) is 34.6 Å². The molecule has 0 aromatic carbocycles. The van der Waals surface area contributed by atoms with Gasteiger partial charge in [-0.2, -0.15) is 0 Å². The van der Waals surface area contributed by atoms with Crippen LogP contribution in [0, 0.1) is 46.3 Å². The van der Waals surface area contributed by atoms with Crippen LogP contribution in [0.1, 0.15) is 99.8 Å². The highest BCUT2D eigenvalue weighted by Crippen LogP contribution is 2.64. The highest BCUT2D eigenvalue weighted by Gasteiger charge is 2.59. The fourth-order valence-corrected chi connectivity index (χ4v) is 8.25. The van der Waals surface area contributed by atoms with Crippen LogP contribution in [0.4, 0.5) is 0 Å². The summed E-state index contributed by atoms with van der Waals surface area (Å²) in [5.41, 5.74) is 0.615. The smallest absolute Gasteiger partial charge is 0.133 e. The molecule has 3 nitrogen and oxygen atoms in total. The largest absolute Gasteiger partial charge is 0.393 e. The summed E-state index contributed by atoms with van der Waals surface area (Å²) in [6.45, 7) is 16.7. The molecule has 4 aliphatic rings. The number of ketones is 1. The SMILES string of the molecule is CC([C@H](C)CCC1OC1(C)C)C1(C)CC[C@H]2[C@@H](C(O)CC3CC(=O)CCC32C)[C@@H]1C. The molecule has 1 N–H and O–H groups in total. The predicted molar refractivity (Wildman–Crippen MR) is 121 cm³/mol. The van der Waals surface area contributed by atoms with Gasteiger partial charge in [0.15, 0.2) is 0 Å². The molecule has 6 unspecified atom stereocenters.